The Balaban J connectivity index is 0.984. The number of benzene rings is 2. The van der Waals surface area contributed by atoms with E-state index in [1.807, 2.05) is 4.90 Å². The topological polar surface area (TPSA) is 134 Å². The van der Waals surface area contributed by atoms with Crippen LogP contribution in [0.5, 0.6) is 0 Å². The van der Waals surface area contributed by atoms with E-state index in [-0.39, 0.29) is 40.6 Å². The van der Waals surface area contributed by atoms with Crippen LogP contribution in [-0.4, -0.2) is 63.1 Å². The molecule has 0 bridgehead atoms. The average molecular weight is 679 g/mol. The van der Waals surface area contributed by atoms with Crippen LogP contribution in [0.25, 0.3) is 0 Å². The number of hydrogen-bond donors (Lipinski definition) is 2. The van der Waals surface area contributed by atoms with Crippen LogP contribution < -0.4 is 15.5 Å². The van der Waals surface area contributed by atoms with Crippen LogP contribution >= 0.6 is 11.6 Å². The third-order valence-corrected chi connectivity index (χ3v) is 9.61. The van der Waals surface area contributed by atoms with Gasteiger partial charge in [-0.2, -0.15) is 13.2 Å². The van der Waals surface area contributed by atoms with Gasteiger partial charge in [-0.1, -0.05) is 17.5 Å². The van der Waals surface area contributed by atoms with E-state index in [9.17, 15) is 37.1 Å². The second-order valence-corrected chi connectivity index (χ2v) is 12.7. The molecule has 3 fully saturated rings. The number of imide groups is 2. The molecule has 5 amide bonds. The van der Waals surface area contributed by atoms with Crippen molar-refractivity contribution in [2.45, 2.75) is 49.9 Å². The van der Waals surface area contributed by atoms with Gasteiger partial charge in [0.1, 0.15) is 17.3 Å². The van der Waals surface area contributed by atoms with Gasteiger partial charge in [-0.15, -0.1) is 0 Å². The van der Waals surface area contributed by atoms with E-state index in [2.05, 4.69) is 27.5 Å². The number of amides is 5. The van der Waals surface area contributed by atoms with E-state index >= 15 is 0 Å². The first-order valence-electron chi connectivity index (χ1n) is 15.2. The van der Waals surface area contributed by atoms with Crippen molar-refractivity contribution in [1.29, 1.82) is 0 Å². The molecule has 7 rings (SSSR count). The van der Waals surface area contributed by atoms with Crippen LogP contribution in [0.1, 0.15) is 64.1 Å². The largest absolute Gasteiger partial charge is 0.416 e. The van der Waals surface area contributed by atoms with Crippen molar-refractivity contribution in [3.8, 4) is 11.8 Å². The van der Waals surface area contributed by atoms with Crippen molar-refractivity contribution in [1.82, 2.24) is 19.8 Å². The number of fused-ring (bicyclic) bond motifs is 1. The van der Waals surface area contributed by atoms with E-state index in [0.29, 0.717) is 31.6 Å². The number of carbonyl (C=O) groups excluding carboxylic acids is 5. The Hall–Kier alpha value is -5.16. The van der Waals surface area contributed by atoms with Crippen LogP contribution in [0.4, 0.5) is 24.5 Å². The van der Waals surface area contributed by atoms with Crippen LogP contribution in [0.2, 0.25) is 5.02 Å². The summed E-state index contributed by atoms with van der Waals surface area (Å²) in [5.41, 5.74) is -0.191. The number of alkyl halides is 3. The molecular weight excluding hydrogens is 653 g/mol. The Kier molecular flexibility index (Phi) is 7.54. The van der Waals surface area contributed by atoms with E-state index in [1.165, 1.54) is 6.33 Å². The van der Waals surface area contributed by atoms with Crippen molar-refractivity contribution in [2.75, 3.05) is 23.3 Å². The fourth-order valence-electron chi connectivity index (χ4n) is 6.38. The lowest BCUT2D eigenvalue weighted by Crippen LogP contribution is -2.54. The van der Waals surface area contributed by atoms with Gasteiger partial charge in [-0.3, -0.25) is 34.2 Å². The molecule has 3 aliphatic heterocycles. The van der Waals surface area contributed by atoms with Gasteiger partial charge in [-0.05, 0) is 68.0 Å². The number of hydrogen-bond acceptors (Lipinski definition) is 7. The highest BCUT2D eigenvalue weighted by atomic mass is 35.5. The zero-order valence-electron chi connectivity index (χ0n) is 25.1. The monoisotopic (exact) mass is 678 g/mol. The van der Waals surface area contributed by atoms with Gasteiger partial charge in [0.15, 0.2) is 0 Å². The van der Waals surface area contributed by atoms with Gasteiger partial charge in [0.2, 0.25) is 11.8 Å². The summed E-state index contributed by atoms with van der Waals surface area (Å²) in [6.45, 7) is 1.12. The highest BCUT2D eigenvalue weighted by molar-refractivity contribution is 6.33. The molecule has 11 nitrogen and oxygen atoms in total. The van der Waals surface area contributed by atoms with E-state index < -0.39 is 52.9 Å². The minimum absolute atomic E-state index is 0.0107. The lowest BCUT2D eigenvalue weighted by atomic mass is 9.75. The van der Waals surface area contributed by atoms with Gasteiger partial charge in [-0.25, -0.2) is 4.98 Å². The summed E-state index contributed by atoms with van der Waals surface area (Å²) in [6.07, 6.45) is 0.570. The molecule has 48 heavy (non-hydrogen) atoms. The van der Waals surface area contributed by atoms with Crippen molar-refractivity contribution in [3.63, 3.8) is 0 Å². The molecule has 0 radical (unpaired) electrons. The zero-order valence-corrected chi connectivity index (χ0v) is 25.8. The summed E-state index contributed by atoms with van der Waals surface area (Å²) in [4.78, 5) is 70.6. The first-order valence-corrected chi connectivity index (χ1v) is 15.6. The minimum Gasteiger partial charge on any atom is -0.369 e. The lowest BCUT2D eigenvalue weighted by molar-refractivity contribution is -0.138. The third kappa shape index (κ3) is 5.37. The third-order valence-electron chi connectivity index (χ3n) is 9.30. The predicted octanol–water partition coefficient (Wildman–Crippen LogP) is 3.96. The standard InChI is InChI=1S/C33H26ClF3N6O5/c34-24-12-19(33(35,36)37)3-7-25(24)39-31(48)32(10-1-11-32)42-16-20(38-17-42)4-2-18-14-41(15-18)21-5-6-22-23(13-21)30(47)43(29(22)46)26-8-9-27(44)40-28(26)45/h3,5-7,12-13,16-18,26H,1,8-11,14-15H2,(H,39,48)(H,40,44,45). The number of piperidine rings is 1. The maximum absolute atomic E-state index is 13.3. The molecule has 1 saturated carbocycles. The summed E-state index contributed by atoms with van der Waals surface area (Å²) in [5, 5.41) is 4.64. The molecule has 4 aliphatic rings. The highest BCUT2D eigenvalue weighted by Crippen LogP contribution is 2.41. The summed E-state index contributed by atoms with van der Waals surface area (Å²) < 4.78 is 40.7. The summed E-state index contributed by atoms with van der Waals surface area (Å²) in [6, 6.07) is 6.69. The zero-order chi connectivity index (χ0) is 34.0. The lowest BCUT2D eigenvalue weighted by Gasteiger charge is -2.41. The van der Waals surface area contributed by atoms with Gasteiger partial charge in [0, 0.05) is 31.4 Å². The van der Waals surface area contributed by atoms with Crippen LogP contribution in [0.3, 0.4) is 0 Å². The van der Waals surface area contributed by atoms with Gasteiger partial charge in [0.05, 0.1) is 39.6 Å². The SMILES string of the molecule is O=C1CCC(N2C(=O)c3ccc(N4CC(C#Cc5cn(C6(C(=O)Nc7ccc(C(F)(F)F)cc7Cl)CCC6)cn5)C4)cc3C2=O)C(=O)N1. The summed E-state index contributed by atoms with van der Waals surface area (Å²) in [7, 11) is 0. The quantitative estimate of drug-likeness (QED) is 0.308. The molecule has 1 aliphatic carbocycles. The normalized spacial score (nSPS) is 20.4. The summed E-state index contributed by atoms with van der Waals surface area (Å²) in [5.74, 6) is 3.58. The molecular formula is C33H26ClF3N6O5. The first-order chi connectivity index (χ1) is 22.8. The number of halogens is 4. The minimum atomic E-state index is -4.56. The predicted molar refractivity (Wildman–Crippen MR) is 165 cm³/mol. The van der Waals surface area contributed by atoms with Crippen molar-refractivity contribution in [3.05, 3.63) is 76.3 Å². The smallest absolute Gasteiger partial charge is 0.369 e. The number of nitrogens with zero attached hydrogens (tertiary/aromatic N) is 4. The summed E-state index contributed by atoms with van der Waals surface area (Å²) >= 11 is 6.05. The van der Waals surface area contributed by atoms with E-state index in [4.69, 9.17) is 11.6 Å². The first kappa shape index (κ1) is 31.4. The average Bonchev–Trinajstić information content (AvgIpc) is 3.55. The molecule has 0 spiro atoms. The molecule has 246 valence electrons. The number of imidazole rings is 1. The maximum Gasteiger partial charge on any atom is 0.416 e. The number of aromatic nitrogens is 2. The van der Waals surface area contributed by atoms with Gasteiger partial charge < -0.3 is 14.8 Å². The van der Waals surface area contributed by atoms with Crippen LogP contribution in [0, 0.1) is 17.8 Å². The Bertz CT molecular complexity index is 1970. The fraction of sp³-hybridized carbons (Fsp3) is 0.333. The Labute approximate surface area is 276 Å². The maximum atomic E-state index is 13.3. The molecule has 1 unspecified atom stereocenters. The highest BCUT2D eigenvalue weighted by Gasteiger charge is 2.47. The molecule has 1 atom stereocenters. The van der Waals surface area contributed by atoms with Crippen LogP contribution in [-0.2, 0) is 26.1 Å². The van der Waals surface area contributed by atoms with Crippen molar-refractivity contribution in [2.24, 2.45) is 5.92 Å². The van der Waals surface area contributed by atoms with E-state index in [1.54, 1.807) is 29.0 Å². The number of anilines is 2. The number of carbonyl (C=O) groups is 5. The Morgan fingerprint density at radius 3 is 2.46 bits per heavy atom. The molecule has 1 aromatic heterocycles. The van der Waals surface area contributed by atoms with Gasteiger partial charge in [0.25, 0.3) is 17.7 Å². The number of rotatable bonds is 5. The Morgan fingerprint density at radius 1 is 1.04 bits per heavy atom. The van der Waals surface area contributed by atoms with Gasteiger partial charge >= 0.3 is 6.18 Å². The second kappa shape index (κ2) is 11.5. The second-order valence-electron chi connectivity index (χ2n) is 12.2. The molecule has 3 aromatic rings. The molecule has 2 N–H and O–H groups in total. The fourth-order valence-corrected chi connectivity index (χ4v) is 6.61. The number of nitrogens with one attached hydrogen (secondary N) is 2. The van der Waals surface area contributed by atoms with Crippen molar-refractivity contribution < 1.29 is 37.1 Å². The van der Waals surface area contributed by atoms with Crippen molar-refractivity contribution >= 4 is 52.5 Å². The van der Waals surface area contributed by atoms with Crippen LogP contribution in [0.15, 0.2) is 48.9 Å². The van der Waals surface area contributed by atoms with E-state index in [0.717, 1.165) is 35.2 Å². The molecule has 2 saturated heterocycles. The molecule has 2 aromatic carbocycles. The Morgan fingerprint density at radius 2 is 1.79 bits per heavy atom. The molecule has 15 heteroatoms. The molecule has 4 heterocycles.